The molecule has 6 nitrogen and oxygen atoms in total. The number of carbonyl (C=O) groups excluding carboxylic acids is 1. The lowest BCUT2D eigenvalue weighted by atomic mass is 10.1. The molecule has 166 valence electrons. The molecular weight excluding hydrogens is 417 g/mol. The highest BCUT2D eigenvalue weighted by molar-refractivity contribution is 7.89. The summed E-state index contributed by atoms with van der Waals surface area (Å²) in [5.74, 6) is -0.291. The van der Waals surface area contributed by atoms with Crippen molar-refractivity contribution in [2.24, 2.45) is 0 Å². The van der Waals surface area contributed by atoms with Gasteiger partial charge in [-0.2, -0.15) is 4.31 Å². The molecule has 0 aliphatic carbocycles. The molecule has 0 N–H and O–H groups in total. The van der Waals surface area contributed by atoms with Gasteiger partial charge in [0.2, 0.25) is 10.0 Å². The van der Waals surface area contributed by atoms with Crippen LogP contribution in [0.1, 0.15) is 29.5 Å². The Hall–Kier alpha value is -2.45. The maximum Gasteiger partial charge on any atom is 0.320 e. The molecule has 0 unspecified atom stereocenters. The van der Waals surface area contributed by atoms with Crippen LogP contribution in [0, 0.1) is 19.7 Å². The molecule has 0 atom stereocenters. The fourth-order valence-electron chi connectivity index (χ4n) is 4.52. The Labute approximate surface area is 183 Å². The number of nitrogens with zero attached hydrogens (tertiary/aromatic N) is 3. The van der Waals surface area contributed by atoms with E-state index in [2.05, 4.69) is 0 Å². The van der Waals surface area contributed by atoms with Crippen molar-refractivity contribution in [3.8, 4) is 0 Å². The number of aryl methyl sites for hydroxylation is 2. The number of rotatable bonds is 5. The first-order valence-corrected chi connectivity index (χ1v) is 12.1. The van der Waals surface area contributed by atoms with Crippen molar-refractivity contribution in [2.45, 2.75) is 44.2 Å². The molecule has 0 radical (unpaired) electrons. The predicted molar refractivity (Wildman–Crippen MR) is 117 cm³/mol. The molecule has 2 amide bonds. The molecule has 2 fully saturated rings. The van der Waals surface area contributed by atoms with Crippen molar-refractivity contribution < 1.29 is 17.6 Å². The van der Waals surface area contributed by atoms with Gasteiger partial charge in [-0.15, -0.1) is 0 Å². The zero-order chi connectivity index (χ0) is 22.2. The van der Waals surface area contributed by atoms with Gasteiger partial charge in [-0.05, 0) is 56.0 Å². The Balaban J connectivity index is 1.37. The lowest BCUT2D eigenvalue weighted by Gasteiger charge is -2.36. The molecule has 0 aromatic heterocycles. The second-order valence-electron chi connectivity index (χ2n) is 8.43. The van der Waals surface area contributed by atoms with E-state index in [1.807, 2.05) is 30.9 Å². The highest BCUT2D eigenvalue weighted by Gasteiger charge is 2.37. The second-order valence-corrected chi connectivity index (χ2v) is 10.3. The zero-order valence-electron chi connectivity index (χ0n) is 17.9. The highest BCUT2D eigenvalue weighted by atomic mass is 32.2. The van der Waals surface area contributed by atoms with Crippen molar-refractivity contribution >= 4 is 16.1 Å². The van der Waals surface area contributed by atoms with Crippen LogP contribution in [-0.2, 0) is 16.6 Å². The molecule has 0 saturated carbocycles. The van der Waals surface area contributed by atoms with Gasteiger partial charge >= 0.3 is 6.03 Å². The SMILES string of the molecule is Cc1ccc(S(=O)(=O)N2CCC(N3CCN(Cc4ccc(F)cc4)C3=O)CC2)c(C)c1. The van der Waals surface area contributed by atoms with Gasteiger partial charge < -0.3 is 9.80 Å². The Bertz CT molecular complexity index is 1060. The number of hydrogen-bond donors (Lipinski definition) is 0. The molecule has 2 aromatic carbocycles. The van der Waals surface area contributed by atoms with E-state index in [0.717, 1.165) is 16.7 Å². The van der Waals surface area contributed by atoms with Crippen LogP contribution in [0.3, 0.4) is 0 Å². The van der Waals surface area contributed by atoms with Crippen LogP contribution in [0.25, 0.3) is 0 Å². The summed E-state index contributed by atoms with van der Waals surface area (Å²) in [6.07, 6.45) is 1.25. The van der Waals surface area contributed by atoms with Crippen LogP contribution in [0.2, 0.25) is 0 Å². The van der Waals surface area contributed by atoms with Gasteiger partial charge in [-0.25, -0.2) is 17.6 Å². The molecule has 0 bridgehead atoms. The first-order valence-electron chi connectivity index (χ1n) is 10.6. The minimum Gasteiger partial charge on any atom is -0.320 e. The van der Waals surface area contributed by atoms with E-state index < -0.39 is 10.0 Å². The lowest BCUT2D eigenvalue weighted by molar-refractivity contribution is 0.153. The third-order valence-corrected chi connectivity index (χ3v) is 8.29. The van der Waals surface area contributed by atoms with E-state index in [0.29, 0.717) is 50.5 Å². The quantitative estimate of drug-likeness (QED) is 0.707. The molecule has 0 spiro atoms. The van der Waals surface area contributed by atoms with Gasteiger partial charge in [0.25, 0.3) is 0 Å². The zero-order valence-corrected chi connectivity index (χ0v) is 18.7. The number of halogens is 1. The highest BCUT2D eigenvalue weighted by Crippen LogP contribution is 2.27. The number of urea groups is 1. The second kappa shape index (κ2) is 8.59. The molecular formula is C23H28FN3O3S. The van der Waals surface area contributed by atoms with Crippen molar-refractivity contribution in [1.29, 1.82) is 0 Å². The topological polar surface area (TPSA) is 60.9 Å². The molecule has 2 aliphatic rings. The molecule has 2 saturated heterocycles. The van der Waals surface area contributed by atoms with Gasteiger partial charge in [0.15, 0.2) is 0 Å². The summed E-state index contributed by atoms with van der Waals surface area (Å²) in [5.41, 5.74) is 2.69. The lowest BCUT2D eigenvalue weighted by Crippen LogP contribution is -2.48. The third kappa shape index (κ3) is 4.45. The fourth-order valence-corrected chi connectivity index (χ4v) is 6.19. The molecule has 2 aliphatic heterocycles. The van der Waals surface area contributed by atoms with E-state index in [4.69, 9.17) is 0 Å². The minimum absolute atomic E-state index is 0.0278. The third-order valence-electron chi connectivity index (χ3n) is 6.23. The van der Waals surface area contributed by atoms with E-state index in [1.54, 1.807) is 23.1 Å². The summed E-state index contributed by atoms with van der Waals surface area (Å²) < 4.78 is 40.9. The number of hydrogen-bond acceptors (Lipinski definition) is 3. The normalized spacial score (nSPS) is 18.7. The Morgan fingerprint density at radius 1 is 0.968 bits per heavy atom. The maximum absolute atomic E-state index is 13.1. The summed E-state index contributed by atoms with van der Waals surface area (Å²) >= 11 is 0. The van der Waals surface area contributed by atoms with E-state index in [-0.39, 0.29) is 17.9 Å². The van der Waals surface area contributed by atoms with Crippen LogP contribution in [-0.4, -0.2) is 60.8 Å². The summed E-state index contributed by atoms with van der Waals surface area (Å²) in [7, 11) is -3.54. The molecule has 31 heavy (non-hydrogen) atoms. The Morgan fingerprint density at radius 3 is 2.29 bits per heavy atom. The fraction of sp³-hybridized carbons (Fsp3) is 0.435. The van der Waals surface area contributed by atoms with Crippen LogP contribution < -0.4 is 0 Å². The maximum atomic E-state index is 13.1. The Morgan fingerprint density at radius 2 is 1.65 bits per heavy atom. The number of piperidine rings is 1. The van der Waals surface area contributed by atoms with Crippen molar-refractivity contribution in [3.05, 3.63) is 65.0 Å². The van der Waals surface area contributed by atoms with Crippen LogP contribution in [0.5, 0.6) is 0 Å². The number of amides is 2. The average Bonchev–Trinajstić information content (AvgIpc) is 3.09. The average molecular weight is 446 g/mol. The van der Waals surface area contributed by atoms with Gasteiger partial charge in [-0.1, -0.05) is 29.8 Å². The van der Waals surface area contributed by atoms with Crippen molar-refractivity contribution in [1.82, 2.24) is 14.1 Å². The summed E-state index contributed by atoms with van der Waals surface area (Å²) in [4.78, 5) is 16.9. The first-order chi connectivity index (χ1) is 14.8. The minimum atomic E-state index is -3.54. The Kier molecular flexibility index (Phi) is 6.03. The number of benzene rings is 2. The van der Waals surface area contributed by atoms with E-state index in [9.17, 15) is 17.6 Å². The van der Waals surface area contributed by atoms with Crippen LogP contribution in [0.4, 0.5) is 9.18 Å². The standard InChI is InChI=1S/C23H28FN3O3S/c1-17-3-8-22(18(2)15-17)31(29,30)26-11-9-21(10-12-26)27-14-13-25(23(27)28)16-19-4-6-20(24)7-5-19/h3-8,15,21H,9-14,16H2,1-2H3. The van der Waals surface area contributed by atoms with Crippen LogP contribution >= 0.6 is 0 Å². The van der Waals surface area contributed by atoms with Gasteiger partial charge in [0.05, 0.1) is 4.90 Å². The van der Waals surface area contributed by atoms with Crippen molar-refractivity contribution in [3.63, 3.8) is 0 Å². The monoisotopic (exact) mass is 445 g/mol. The van der Waals surface area contributed by atoms with E-state index >= 15 is 0 Å². The van der Waals surface area contributed by atoms with Gasteiger partial charge in [0.1, 0.15) is 5.82 Å². The van der Waals surface area contributed by atoms with Crippen molar-refractivity contribution in [2.75, 3.05) is 26.2 Å². The smallest absolute Gasteiger partial charge is 0.320 e. The number of carbonyl (C=O) groups is 1. The summed E-state index contributed by atoms with van der Waals surface area (Å²) in [5, 5.41) is 0. The molecule has 8 heteroatoms. The molecule has 2 heterocycles. The summed E-state index contributed by atoms with van der Waals surface area (Å²) in [6.45, 7) is 6.29. The molecule has 4 rings (SSSR count). The number of sulfonamides is 1. The first kappa shape index (κ1) is 21.8. The van der Waals surface area contributed by atoms with E-state index in [1.165, 1.54) is 16.4 Å². The predicted octanol–water partition coefficient (Wildman–Crippen LogP) is 3.53. The van der Waals surface area contributed by atoms with Gasteiger partial charge in [-0.3, -0.25) is 0 Å². The summed E-state index contributed by atoms with van der Waals surface area (Å²) in [6, 6.07) is 11.6. The largest absolute Gasteiger partial charge is 0.320 e. The molecule has 2 aromatic rings. The van der Waals surface area contributed by atoms with Gasteiger partial charge in [0, 0.05) is 38.8 Å². The van der Waals surface area contributed by atoms with Crippen LogP contribution in [0.15, 0.2) is 47.4 Å².